The summed E-state index contributed by atoms with van der Waals surface area (Å²) in [4.78, 5) is 14.7. The zero-order chi connectivity index (χ0) is 11.4. The molecule has 1 fully saturated rings. The Labute approximate surface area is 95.6 Å². The Balaban J connectivity index is 1.75. The Bertz CT molecular complexity index is 326. The van der Waals surface area contributed by atoms with Crippen molar-refractivity contribution in [2.45, 2.75) is 44.2 Å². The molecule has 0 unspecified atom stereocenters. The molecule has 1 heterocycles. The van der Waals surface area contributed by atoms with Crippen LogP contribution < -0.4 is 11.1 Å². The lowest BCUT2D eigenvalue weighted by Gasteiger charge is -2.26. The molecule has 1 amide bonds. The standard InChI is InChI=1S/C12H19N3O/c13-10-1-3-11(4-2-10)15-12(16)7-9-5-6-14-8-9/h5-6,8,10-11,14H,1-4,7,13H2,(H,15,16). The van der Waals surface area contributed by atoms with Crippen LogP contribution in [0, 0.1) is 0 Å². The Morgan fingerprint density at radius 3 is 2.81 bits per heavy atom. The number of amides is 1. The van der Waals surface area contributed by atoms with E-state index in [1.54, 1.807) is 0 Å². The van der Waals surface area contributed by atoms with Crippen LogP contribution in [0.1, 0.15) is 31.2 Å². The lowest BCUT2D eigenvalue weighted by Crippen LogP contribution is -2.41. The van der Waals surface area contributed by atoms with Gasteiger partial charge in [-0.15, -0.1) is 0 Å². The lowest BCUT2D eigenvalue weighted by atomic mass is 9.92. The first-order valence-electron chi connectivity index (χ1n) is 5.90. The summed E-state index contributed by atoms with van der Waals surface area (Å²) in [6.45, 7) is 0. The fourth-order valence-electron chi connectivity index (χ4n) is 2.20. The molecule has 1 aliphatic rings. The summed E-state index contributed by atoms with van der Waals surface area (Å²) >= 11 is 0. The highest BCUT2D eigenvalue weighted by molar-refractivity contribution is 5.78. The quantitative estimate of drug-likeness (QED) is 0.711. The van der Waals surface area contributed by atoms with E-state index in [9.17, 15) is 4.79 Å². The molecule has 0 aliphatic heterocycles. The number of hydrogen-bond donors (Lipinski definition) is 3. The van der Waals surface area contributed by atoms with Crippen molar-refractivity contribution in [1.29, 1.82) is 0 Å². The Kier molecular flexibility index (Phi) is 3.62. The van der Waals surface area contributed by atoms with Crippen LogP contribution in [0.25, 0.3) is 0 Å². The van der Waals surface area contributed by atoms with Crippen molar-refractivity contribution in [3.8, 4) is 0 Å². The van der Waals surface area contributed by atoms with Gasteiger partial charge in [0.2, 0.25) is 5.91 Å². The number of aromatic nitrogens is 1. The average Bonchev–Trinajstić information content (AvgIpc) is 2.74. The van der Waals surface area contributed by atoms with Crippen LogP contribution in [0.4, 0.5) is 0 Å². The highest BCUT2D eigenvalue weighted by atomic mass is 16.1. The van der Waals surface area contributed by atoms with E-state index < -0.39 is 0 Å². The zero-order valence-electron chi connectivity index (χ0n) is 9.41. The third kappa shape index (κ3) is 3.10. The van der Waals surface area contributed by atoms with Crippen LogP contribution in [-0.4, -0.2) is 23.0 Å². The minimum Gasteiger partial charge on any atom is -0.367 e. The van der Waals surface area contributed by atoms with Crippen LogP contribution in [0.2, 0.25) is 0 Å². The van der Waals surface area contributed by atoms with Gasteiger partial charge >= 0.3 is 0 Å². The fraction of sp³-hybridized carbons (Fsp3) is 0.583. The van der Waals surface area contributed by atoms with Gasteiger partial charge < -0.3 is 16.0 Å². The molecule has 88 valence electrons. The van der Waals surface area contributed by atoms with Gasteiger partial charge in [0, 0.05) is 24.5 Å². The Morgan fingerprint density at radius 1 is 1.44 bits per heavy atom. The van der Waals surface area contributed by atoms with Crippen molar-refractivity contribution < 1.29 is 4.79 Å². The molecule has 1 saturated carbocycles. The van der Waals surface area contributed by atoms with Gasteiger partial charge in [-0.05, 0) is 37.3 Å². The summed E-state index contributed by atoms with van der Waals surface area (Å²) in [7, 11) is 0. The Morgan fingerprint density at radius 2 is 2.19 bits per heavy atom. The van der Waals surface area contributed by atoms with Gasteiger partial charge in [0.05, 0.1) is 6.42 Å². The van der Waals surface area contributed by atoms with Gasteiger partial charge in [-0.2, -0.15) is 0 Å². The largest absolute Gasteiger partial charge is 0.367 e. The first-order chi connectivity index (χ1) is 7.74. The van der Waals surface area contributed by atoms with Crippen molar-refractivity contribution in [3.05, 3.63) is 24.0 Å². The zero-order valence-corrected chi connectivity index (χ0v) is 9.41. The van der Waals surface area contributed by atoms with Crippen molar-refractivity contribution in [2.24, 2.45) is 5.73 Å². The molecular weight excluding hydrogens is 202 g/mol. The van der Waals surface area contributed by atoms with Gasteiger partial charge in [0.25, 0.3) is 0 Å². The molecule has 2 rings (SSSR count). The number of carbonyl (C=O) groups is 1. The number of carbonyl (C=O) groups excluding carboxylic acids is 1. The smallest absolute Gasteiger partial charge is 0.224 e. The molecule has 0 saturated heterocycles. The Hall–Kier alpha value is -1.29. The maximum Gasteiger partial charge on any atom is 0.224 e. The van der Waals surface area contributed by atoms with E-state index in [-0.39, 0.29) is 5.91 Å². The van der Waals surface area contributed by atoms with Crippen molar-refractivity contribution in [2.75, 3.05) is 0 Å². The molecule has 0 atom stereocenters. The highest BCUT2D eigenvalue weighted by Gasteiger charge is 2.19. The van der Waals surface area contributed by atoms with Crippen molar-refractivity contribution >= 4 is 5.91 Å². The molecule has 1 aromatic heterocycles. The summed E-state index contributed by atoms with van der Waals surface area (Å²) in [6.07, 6.45) is 8.23. The fourth-order valence-corrected chi connectivity index (χ4v) is 2.20. The molecule has 4 nitrogen and oxygen atoms in total. The first-order valence-corrected chi connectivity index (χ1v) is 5.90. The summed E-state index contributed by atoms with van der Waals surface area (Å²) in [5.41, 5.74) is 6.85. The summed E-state index contributed by atoms with van der Waals surface area (Å²) in [5, 5.41) is 3.07. The molecule has 0 aromatic carbocycles. The third-order valence-electron chi connectivity index (χ3n) is 3.16. The SMILES string of the molecule is NC1CCC(NC(=O)Cc2cc[nH]c2)CC1. The van der Waals surface area contributed by atoms with E-state index in [1.165, 1.54) is 0 Å². The molecule has 0 bridgehead atoms. The second-order valence-corrected chi connectivity index (χ2v) is 4.58. The monoisotopic (exact) mass is 221 g/mol. The van der Waals surface area contributed by atoms with Crippen LogP contribution >= 0.6 is 0 Å². The number of hydrogen-bond acceptors (Lipinski definition) is 2. The molecule has 4 heteroatoms. The molecule has 16 heavy (non-hydrogen) atoms. The van der Waals surface area contributed by atoms with Crippen LogP contribution in [0.3, 0.4) is 0 Å². The van der Waals surface area contributed by atoms with Gasteiger partial charge in [-0.25, -0.2) is 0 Å². The highest BCUT2D eigenvalue weighted by Crippen LogP contribution is 2.16. The first kappa shape index (κ1) is 11.2. The molecule has 1 aliphatic carbocycles. The van der Waals surface area contributed by atoms with Crippen LogP contribution in [0.15, 0.2) is 18.5 Å². The lowest BCUT2D eigenvalue weighted by molar-refractivity contribution is -0.121. The van der Waals surface area contributed by atoms with E-state index in [0.29, 0.717) is 18.5 Å². The average molecular weight is 221 g/mol. The summed E-state index contributed by atoms with van der Waals surface area (Å²) in [6, 6.07) is 2.58. The van der Waals surface area contributed by atoms with E-state index in [0.717, 1.165) is 31.2 Å². The van der Waals surface area contributed by atoms with Crippen molar-refractivity contribution in [1.82, 2.24) is 10.3 Å². The predicted molar refractivity (Wildman–Crippen MR) is 62.9 cm³/mol. The van der Waals surface area contributed by atoms with E-state index >= 15 is 0 Å². The maximum absolute atomic E-state index is 11.7. The number of aromatic amines is 1. The maximum atomic E-state index is 11.7. The van der Waals surface area contributed by atoms with Gasteiger partial charge in [-0.3, -0.25) is 4.79 Å². The molecular formula is C12H19N3O. The molecule has 1 aromatic rings. The minimum absolute atomic E-state index is 0.111. The molecule has 4 N–H and O–H groups in total. The number of nitrogens with one attached hydrogen (secondary N) is 2. The summed E-state index contributed by atoms with van der Waals surface area (Å²) in [5.74, 6) is 0.111. The normalized spacial score (nSPS) is 25.3. The van der Waals surface area contributed by atoms with E-state index in [4.69, 9.17) is 5.73 Å². The van der Waals surface area contributed by atoms with E-state index in [1.807, 2.05) is 18.5 Å². The van der Waals surface area contributed by atoms with E-state index in [2.05, 4.69) is 10.3 Å². The molecule has 0 radical (unpaired) electrons. The molecule has 0 spiro atoms. The van der Waals surface area contributed by atoms with Crippen molar-refractivity contribution in [3.63, 3.8) is 0 Å². The van der Waals surface area contributed by atoms with Gasteiger partial charge in [-0.1, -0.05) is 0 Å². The number of H-pyrrole nitrogens is 1. The second-order valence-electron chi connectivity index (χ2n) is 4.58. The minimum atomic E-state index is 0.111. The van der Waals surface area contributed by atoms with Crippen LogP contribution in [-0.2, 0) is 11.2 Å². The van der Waals surface area contributed by atoms with Gasteiger partial charge in [0.1, 0.15) is 0 Å². The van der Waals surface area contributed by atoms with Gasteiger partial charge in [0.15, 0.2) is 0 Å². The topological polar surface area (TPSA) is 70.9 Å². The second kappa shape index (κ2) is 5.16. The van der Waals surface area contributed by atoms with Crippen LogP contribution in [0.5, 0.6) is 0 Å². The number of rotatable bonds is 3. The number of nitrogens with two attached hydrogens (primary N) is 1. The third-order valence-corrected chi connectivity index (χ3v) is 3.16. The predicted octanol–water partition coefficient (Wildman–Crippen LogP) is 0.943. The summed E-state index contributed by atoms with van der Waals surface area (Å²) < 4.78 is 0.